The van der Waals surface area contributed by atoms with E-state index >= 15 is 0 Å². The Kier molecular flexibility index (Phi) is 7.83. The third-order valence-electron chi connectivity index (χ3n) is 10.4. The highest BCUT2D eigenvalue weighted by Crippen LogP contribution is 2.41. The number of rotatable bonds is 6. The van der Waals surface area contributed by atoms with E-state index in [2.05, 4.69) is 145 Å². The molecule has 6 heteroatoms. The fraction of sp³-hybridized carbons (Fsp3) is 0. The van der Waals surface area contributed by atoms with Crippen molar-refractivity contribution in [3.05, 3.63) is 182 Å². The van der Waals surface area contributed by atoms with Gasteiger partial charge in [-0.25, -0.2) is 15.0 Å². The van der Waals surface area contributed by atoms with Gasteiger partial charge in [-0.15, -0.1) is 22.7 Å². The van der Waals surface area contributed by atoms with Crippen LogP contribution < -0.4 is 0 Å². The summed E-state index contributed by atoms with van der Waals surface area (Å²) in [6, 6.07) is 60.4. The molecule has 0 aliphatic rings. The Bertz CT molecular complexity index is 3130. The van der Waals surface area contributed by atoms with Gasteiger partial charge in [-0.05, 0) is 106 Å². The van der Waals surface area contributed by atoms with E-state index in [4.69, 9.17) is 15.0 Å². The van der Waals surface area contributed by atoms with E-state index in [0.29, 0.717) is 17.5 Å². The summed E-state index contributed by atoms with van der Waals surface area (Å²) in [4.78, 5) is 19.7. The van der Waals surface area contributed by atoms with E-state index in [1.807, 2.05) is 65.4 Å². The van der Waals surface area contributed by atoms with E-state index in [9.17, 15) is 0 Å². The summed E-state index contributed by atoms with van der Waals surface area (Å²) in [7, 11) is 0. The maximum atomic E-state index is 5.24. The number of hydrogen-bond acceptors (Lipinski definition) is 6. The maximum Gasteiger partial charge on any atom is 0.164 e. The molecule has 0 saturated carbocycles. The average Bonchev–Trinajstić information content (AvgIpc) is 3.84. The van der Waals surface area contributed by atoms with Crippen molar-refractivity contribution >= 4 is 63.0 Å². The molecule has 4 nitrogen and oxygen atoms in total. The van der Waals surface area contributed by atoms with Gasteiger partial charge in [0.2, 0.25) is 0 Å². The van der Waals surface area contributed by atoms with Crippen molar-refractivity contribution in [1.82, 2.24) is 19.9 Å². The van der Waals surface area contributed by atoms with Crippen molar-refractivity contribution < 1.29 is 0 Å². The number of hydrogen-bond donors (Lipinski definition) is 0. The molecule has 262 valence electrons. The molecule has 0 atom stereocenters. The molecule has 0 fully saturated rings. The SMILES string of the molecule is c1ccc(-c2nc(-c3cccc(-c4ccncc4)c3)nc(-c3cc(-c4ccc5sc6ccccc6c5c4)cc(-c4ccc5sc6ccccc6c5c4)c3)n2)cc1. The van der Waals surface area contributed by atoms with E-state index in [0.717, 1.165) is 50.1 Å². The fourth-order valence-corrected chi connectivity index (χ4v) is 9.81. The van der Waals surface area contributed by atoms with Crippen molar-refractivity contribution in [3.8, 4) is 67.5 Å². The molecular formula is C50H30N4S2. The summed E-state index contributed by atoms with van der Waals surface area (Å²) >= 11 is 3.68. The monoisotopic (exact) mass is 750 g/mol. The van der Waals surface area contributed by atoms with Crippen LogP contribution in [0.15, 0.2) is 182 Å². The molecule has 4 aromatic heterocycles. The Morgan fingerprint density at radius 2 is 0.714 bits per heavy atom. The Labute approximate surface area is 331 Å². The first kappa shape index (κ1) is 32.6. The van der Waals surface area contributed by atoms with Gasteiger partial charge in [0.15, 0.2) is 17.5 Å². The van der Waals surface area contributed by atoms with Crippen LogP contribution in [0.4, 0.5) is 0 Å². The molecule has 0 N–H and O–H groups in total. The van der Waals surface area contributed by atoms with Gasteiger partial charge in [0, 0.05) is 69.4 Å². The van der Waals surface area contributed by atoms with Crippen LogP contribution in [0.3, 0.4) is 0 Å². The third-order valence-corrected chi connectivity index (χ3v) is 12.7. The van der Waals surface area contributed by atoms with E-state index in [1.165, 1.54) is 40.3 Å². The first-order valence-corrected chi connectivity index (χ1v) is 20.1. The van der Waals surface area contributed by atoms with Crippen molar-refractivity contribution in [3.63, 3.8) is 0 Å². The van der Waals surface area contributed by atoms with Gasteiger partial charge in [0.1, 0.15) is 0 Å². The van der Waals surface area contributed by atoms with Gasteiger partial charge >= 0.3 is 0 Å². The van der Waals surface area contributed by atoms with Crippen LogP contribution in [-0.4, -0.2) is 19.9 Å². The van der Waals surface area contributed by atoms with Crippen molar-refractivity contribution in [2.24, 2.45) is 0 Å². The van der Waals surface area contributed by atoms with Gasteiger partial charge in [-0.1, -0.05) is 97.1 Å². The highest BCUT2D eigenvalue weighted by molar-refractivity contribution is 7.26. The third kappa shape index (κ3) is 5.84. The number of pyridine rings is 1. The van der Waals surface area contributed by atoms with Crippen LogP contribution in [0.5, 0.6) is 0 Å². The lowest BCUT2D eigenvalue weighted by Gasteiger charge is -2.13. The Morgan fingerprint density at radius 1 is 0.268 bits per heavy atom. The van der Waals surface area contributed by atoms with Gasteiger partial charge in [-0.3, -0.25) is 4.98 Å². The van der Waals surface area contributed by atoms with E-state index in [-0.39, 0.29) is 0 Å². The van der Waals surface area contributed by atoms with Crippen LogP contribution in [0.2, 0.25) is 0 Å². The lowest BCUT2D eigenvalue weighted by molar-refractivity contribution is 1.07. The molecule has 0 unspecified atom stereocenters. The first-order valence-electron chi connectivity index (χ1n) is 18.5. The lowest BCUT2D eigenvalue weighted by atomic mass is 9.94. The zero-order chi connectivity index (χ0) is 37.0. The topological polar surface area (TPSA) is 51.6 Å². The normalized spacial score (nSPS) is 11.6. The molecule has 7 aromatic carbocycles. The van der Waals surface area contributed by atoms with Gasteiger partial charge in [-0.2, -0.15) is 0 Å². The van der Waals surface area contributed by atoms with Crippen LogP contribution in [0.1, 0.15) is 0 Å². The predicted molar refractivity (Wildman–Crippen MR) is 236 cm³/mol. The molecule has 0 bridgehead atoms. The van der Waals surface area contributed by atoms with E-state index in [1.54, 1.807) is 0 Å². The molecular weight excluding hydrogens is 721 g/mol. The Balaban J connectivity index is 1.13. The molecule has 11 rings (SSSR count). The smallest absolute Gasteiger partial charge is 0.164 e. The quantitative estimate of drug-likeness (QED) is 0.170. The summed E-state index contributed by atoms with van der Waals surface area (Å²) in [5.74, 6) is 1.87. The molecule has 0 radical (unpaired) electrons. The summed E-state index contributed by atoms with van der Waals surface area (Å²) in [6.07, 6.45) is 3.64. The van der Waals surface area contributed by atoms with Gasteiger partial charge in [0.05, 0.1) is 0 Å². The molecule has 56 heavy (non-hydrogen) atoms. The van der Waals surface area contributed by atoms with Crippen LogP contribution >= 0.6 is 22.7 Å². The van der Waals surface area contributed by atoms with Crippen molar-refractivity contribution in [2.75, 3.05) is 0 Å². The summed E-state index contributed by atoms with van der Waals surface area (Å²) in [6.45, 7) is 0. The molecule has 0 spiro atoms. The Hall–Kier alpha value is -6.86. The minimum absolute atomic E-state index is 0.619. The minimum atomic E-state index is 0.619. The van der Waals surface area contributed by atoms with Crippen molar-refractivity contribution in [2.45, 2.75) is 0 Å². The van der Waals surface area contributed by atoms with Gasteiger partial charge in [0.25, 0.3) is 0 Å². The number of benzene rings is 7. The second-order valence-electron chi connectivity index (χ2n) is 13.9. The van der Waals surface area contributed by atoms with Crippen LogP contribution in [0.25, 0.3) is 108 Å². The molecule has 4 heterocycles. The summed E-state index contributed by atoms with van der Waals surface area (Å²) < 4.78 is 5.16. The van der Waals surface area contributed by atoms with Crippen LogP contribution in [-0.2, 0) is 0 Å². The van der Waals surface area contributed by atoms with Crippen molar-refractivity contribution in [1.29, 1.82) is 0 Å². The molecule has 0 saturated heterocycles. The predicted octanol–water partition coefficient (Wildman–Crippen LogP) is 14.0. The zero-order valence-electron chi connectivity index (χ0n) is 29.9. The highest BCUT2D eigenvalue weighted by atomic mass is 32.1. The number of nitrogens with zero attached hydrogens (tertiary/aromatic N) is 4. The minimum Gasteiger partial charge on any atom is -0.265 e. The summed E-state index contributed by atoms with van der Waals surface area (Å²) in [5.41, 5.74) is 9.44. The van der Waals surface area contributed by atoms with E-state index < -0.39 is 0 Å². The average molecular weight is 751 g/mol. The highest BCUT2D eigenvalue weighted by Gasteiger charge is 2.17. The molecule has 0 amide bonds. The second-order valence-corrected chi connectivity index (χ2v) is 16.1. The second kappa shape index (κ2) is 13.5. The largest absolute Gasteiger partial charge is 0.265 e. The number of fused-ring (bicyclic) bond motifs is 6. The number of aromatic nitrogens is 4. The molecule has 11 aromatic rings. The first-order chi connectivity index (χ1) is 27.7. The zero-order valence-corrected chi connectivity index (χ0v) is 31.6. The summed E-state index contributed by atoms with van der Waals surface area (Å²) in [5, 5.41) is 5.10. The Morgan fingerprint density at radius 3 is 1.34 bits per heavy atom. The lowest BCUT2D eigenvalue weighted by Crippen LogP contribution is -2.00. The molecule has 0 aliphatic heterocycles. The van der Waals surface area contributed by atoms with Gasteiger partial charge < -0.3 is 0 Å². The maximum absolute atomic E-state index is 5.24. The fourth-order valence-electron chi connectivity index (χ4n) is 7.63. The standard InChI is InChI=1S/C50H30N4S2/c1-2-9-32(10-3-1)48-52-49(36-12-8-11-33(25-36)31-21-23-51-24-22-31)54-50(53-48)39-27-37(34-17-19-46-42(29-34)40-13-4-6-15-44(40)55-46)26-38(28-39)35-18-20-47-43(30-35)41-14-5-7-16-45(41)56-47/h1-30H. The molecule has 0 aliphatic carbocycles. The number of thiophene rings is 2. The van der Waals surface area contributed by atoms with Crippen LogP contribution in [0, 0.1) is 0 Å².